The van der Waals surface area contributed by atoms with E-state index in [1.54, 1.807) is 0 Å². The van der Waals surface area contributed by atoms with Gasteiger partial charge in [0.15, 0.2) is 8.32 Å². The Bertz CT molecular complexity index is 969. The molecule has 0 N–H and O–H groups in total. The zero-order valence-corrected chi connectivity index (χ0v) is 26.5. The third kappa shape index (κ3) is 7.76. The second-order valence-electron chi connectivity index (χ2n) is 13.0. The average Bonchev–Trinajstić information content (AvgIpc) is 3.29. The van der Waals surface area contributed by atoms with Crippen molar-refractivity contribution in [2.45, 2.75) is 102 Å². The lowest BCUT2D eigenvalue weighted by molar-refractivity contribution is -0.0628. The molecule has 0 bridgehead atoms. The van der Waals surface area contributed by atoms with Gasteiger partial charge in [-0.1, -0.05) is 113 Å². The molecule has 5 heteroatoms. The van der Waals surface area contributed by atoms with Gasteiger partial charge in [0.2, 0.25) is 0 Å². The minimum absolute atomic E-state index is 0.0495. The molecule has 1 fully saturated rings. The second-order valence-corrected chi connectivity index (χ2v) is 22.5. The zero-order chi connectivity index (χ0) is 27.3. The number of benzene rings is 2. The van der Waals surface area contributed by atoms with Crippen LogP contribution in [0, 0.1) is 5.92 Å². The van der Waals surface area contributed by atoms with E-state index in [0.717, 1.165) is 12.8 Å². The van der Waals surface area contributed by atoms with Crippen molar-refractivity contribution in [1.82, 2.24) is 0 Å². The Morgan fingerprint density at radius 3 is 2.16 bits per heavy atom. The molecule has 5 atom stereocenters. The Morgan fingerprint density at radius 1 is 1.00 bits per heavy atom. The summed E-state index contributed by atoms with van der Waals surface area (Å²) in [5, 5.41) is 1.63. The van der Waals surface area contributed by atoms with Gasteiger partial charge in [0.25, 0.3) is 0 Å². The summed E-state index contributed by atoms with van der Waals surface area (Å²) in [6.45, 7) is 24.3. The fraction of sp³-hybridized carbons (Fsp3) is 0.562. The van der Waals surface area contributed by atoms with Gasteiger partial charge in [-0.3, -0.25) is 0 Å². The summed E-state index contributed by atoms with van der Waals surface area (Å²) in [6.07, 6.45) is 4.21. The summed E-state index contributed by atoms with van der Waals surface area (Å²) in [5.41, 5.74) is 1.65. The molecule has 204 valence electrons. The number of rotatable bonds is 12. The summed E-state index contributed by atoms with van der Waals surface area (Å²) < 4.78 is 20.3. The maximum Gasteiger partial charge on any atom is 0.192 e. The fourth-order valence-corrected chi connectivity index (χ4v) is 9.97. The summed E-state index contributed by atoms with van der Waals surface area (Å²) in [6, 6.07) is 21.5. The van der Waals surface area contributed by atoms with Gasteiger partial charge in [-0.05, 0) is 48.0 Å². The van der Waals surface area contributed by atoms with Crippen molar-refractivity contribution in [3.8, 4) is 0 Å². The molecule has 3 nitrogen and oxygen atoms in total. The van der Waals surface area contributed by atoms with E-state index in [-0.39, 0.29) is 23.4 Å². The summed E-state index contributed by atoms with van der Waals surface area (Å²) in [5.74, 6) is 0.369. The normalized spacial score (nSPS) is 22.5. The summed E-state index contributed by atoms with van der Waals surface area (Å²) >= 11 is 0. The van der Waals surface area contributed by atoms with Gasteiger partial charge in [0, 0.05) is 0 Å². The van der Waals surface area contributed by atoms with E-state index in [0.29, 0.717) is 24.7 Å². The van der Waals surface area contributed by atoms with Crippen LogP contribution in [0.5, 0.6) is 0 Å². The first-order valence-corrected chi connectivity index (χ1v) is 20.0. The van der Waals surface area contributed by atoms with Crippen LogP contribution in [0.1, 0.15) is 46.1 Å². The highest BCUT2D eigenvalue weighted by molar-refractivity contribution is 6.91. The topological polar surface area (TPSA) is 27.7 Å². The molecule has 0 aliphatic carbocycles. The van der Waals surface area contributed by atoms with Crippen LogP contribution >= 0.6 is 0 Å². The van der Waals surface area contributed by atoms with Crippen molar-refractivity contribution < 1.29 is 13.9 Å². The summed E-state index contributed by atoms with van der Waals surface area (Å²) in [7, 11) is -3.88. The van der Waals surface area contributed by atoms with E-state index < -0.39 is 16.4 Å². The molecule has 0 aromatic heterocycles. The Balaban J connectivity index is 1.89. The highest BCUT2D eigenvalue weighted by atomic mass is 28.4. The van der Waals surface area contributed by atoms with Crippen molar-refractivity contribution in [1.29, 1.82) is 0 Å². The predicted molar refractivity (Wildman–Crippen MR) is 163 cm³/mol. The molecule has 1 aliphatic heterocycles. The lowest BCUT2D eigenvalue weighted by Gasteiger charge is -2.44. The van der Waals surface area contributed by atoms with Crippen molar-refractivity contribution >= 4 is 21.6 Å². The molecule has 0 unspecified atom stereocenters. The van der Waals surface area contributed by atoms with Crippen LogP contribution in [0.4, 0.5) is 0 Å². The van der Waals surface area contributed by atoms with Gasteiger partial charge < -0.3 is 13.9 Å². The van der Waals surface area contributed by atoms with Crippen molar-refractivity contribution in [3.63, 3.8) is 0 Å². The SMILES string of the molecule is C=C[C@H](C)C[C@H](O[Si](C)(C)C(C)(C)C)[C@@H]1O[C@H](COCc2ccccc2)C[C@H]1[Si](C)(C)c1ccccc1. The molecule has 0 spiro atoms. The minimum atomic E-state index is -2.00. The fourth-order valence-electron chi connectivity index (χ4n) is 5.18. The standard InChI is InChI=1S/C32H50O3Si2/c1-10-25(2)21-29(35-37(8,9)32(3,4)5)31-30(36(6,7)28-19-15-12-16-20-28)22-27(34-31)24-33-23-26-17-13-11-14-18-26/h10-20,25,27,29-31H,1,21-24H2,2-9H3/t25-,27-,29-,30+,31-/m0/s1. The first kappa shape index (κ1) is 30.0. The molecule has 0 amide bonds. The third-order valence-electron chi connectivity index (χ3n) is 8.75. The van der Waals surface area contributed by atoms with E-state index in [4.69, 9.17) is 13.9 Å². The molecule has 0 saturated carbocycles. The van der Waals surface area contributed by atoms with Crippen LogP contribution in [-0.4, -0.2) is 41.3 Å². The average molecular weight is 539 g/mol. The quantitative estimate of drug-likeness (QED) is 0.203. The predicted octanol–water partition coefficient (Wildman–Crippen LogP) is 7.95. The maximum atomic E-state index is 7.19. The molecule has 0 radical (unpaired) electrons. The van der Waals surface area contributed by atoms with Gasteiger partial charge in [0.1, 0.15) is 0 Å². The van der Waals surface area contributed by atoms with Crippen molar-refractivity contribution in [3.05, 3.63) is 78.9 Å². The molecule has 2 aromatic carbocycles. The number of allylic oxidation sites excluding steroid dienone is 1. The third-order valence-corrected chi connectivity index (χ3v) is 17.5. The van der Waals surface area contributed by atoms with E-state index in [2.05, 4.69) is 121 Å². The molecule has 37 heavy (non-hydrogen) atoms. The number of hydrogen-bond donors (Lipinski definition) is 0. The van der Waals surface area contributed by atoms with Crippen LogP contribution in [0.15, 0.2) is 73.3 Å². The Hall–Kier alpha value is -1.51. The van der Waals surface area contributed by atoms with Crippen molar-refractivity contribution in [2.75, 3.05) is 6.61 Å². The minimum Gasteiger partial charge on any atom is -0.411 e. The Morgan fingerprint density at radius 2 is 1.59 bits per heavy atom. The van der Waals surface area contributed by atoms with E-state index in [1.165, 1.54) is 10.8 Å². The smallest absolute Gasteiger partial charge is 0.192 e. The van der Waals surface area contributed by atoms with Crippen LogP contribution in [0.2, 0.25) is 36.8 Å². The van der Waals surface area contributed by atoms with Gasteiger partial charge in [0.05, 0.1) is 39.6 Å². The van der Waals surface area contributed by atoms with Crippen LogP contribution < -0.4 is 5.19 Å². The van der Waals surface area contributed by atoms with Crippen LogP contribution in [0.3, 0.4) is 0 Å². The lowest BCUT2D eigenvalue weighted by atomic mass is 9.98. The zero-order valence-electron chi connectivity index (χ0n) is 24.5. The lowest BCUT2D eigenvalue weighted by Crippen LogP contribution is -2.54. The second kappa shape index (κ2) is 12.6. The molecule has 1 heterocycles. The van der Waals surface area contributed by atoms with E-state index >= 15 is 0 Å². The van der Waals surface area contributed by atoms with Crippen LogP contribution in [0.25, 0.3) is 0 Å². The van der Waals surface area contributed by atoms with E-state index in [9.17, 15) is 0 Å². The van der Waals surface area contributed by atoms with Gasteiger partial charge in [-0.2, -0.15) is 0 Å². The molecule has 3 rings (SSSR count). The number of ether oxygens (including phenoxy) is 2. The van der Waals surface area contributed by atoms with Gasteiger partial charge >= 0.3 is 0 Å². The summed E-state index contributed by atoms with van der Waals surface area (Å²) in [4.78, 5) is 0. The highest BCUT2D eigenvalue weighted by Crippen LogP contribution is 2.45. The molecular weight excluding hydrogens is 489 g/mol. The van der Waals surface area contributed by atoms with Gasteiger partial charge in [-0.25, -0.2) is 0 Å². The first-order valence-electron chi connectivity index (χ1n) is 14.0. The molecule has 1 saturated heterocycles. The monoisotopic (exact) mass is 538 g/mol. The molecule has 2 aromatic rings. The maximum absolute atomic E-state index is 7.19. The first-order chi connectivity index (χ1) is 17.3. The Kier molecular flexibility index (Phi) is 10.2. The Labute approximate surface area is 228 Å². The molecular formula is C32H50O3Si2. The molecule has 1 aliphatic rings. The van der Waals surface area contributed by atoms with Gasteiger partial charge in [-0.15, -0.1) is 6.58 Å². The number of hydrogen-bond acceptors (Lipinski definition) is 3. The van der Waals surface area contributed by atoms with E-state index in [1.807, 2.05) is 6.07 Å². The van der Waals surface area contributed by atoms with Crippen LogP contribution in [-0.2, 0) is 20.5 Å². The highest BCUT2D eigenvalue weighted by Gasteiger charge is 2.51. The van der Waals surface area contributed by atoms with Crippen molar-refractivity contribution in [2.24, 2.45) is 5.92 Å². The largest absolute Gasteiger partial charge is 0.411 e.